The van der Waals surface area contributed by atoms with Gasteiger partial charge >= 0.3 is 0 Å². The fraction of sp³-hybridized carbons (Fsp3) is 0.200. The third-order valence-corrected chi connectivity index (χ3v) is 5.26. The Hall–Kier alpha value is -3.33. The molecule has 1 amide bonds. The molecule has 2 heterocycles. The van der Waals surface area contributed by atoms with Gasteiger partial charge < -0.3 is 14.5 Å². The number of benzene rings is 2. The number of fused-ring (bicyclic) bond motifs is 1. The van der Waals surface area contributed by atoms with E-state index in [1.807, 2.05) is 61.5 Å². The van der Waals surface area contributed by atoms with Gasteiger partial charge in [0.05, 0.1) is 24.6 Å². The maximum atomic E-state index is 12.4. The van der Waals surface area contributed by atoms with Crippen LogP contribution in [-0.4, -0.2) is 39.0 Å². The van der Waals surface area contributed by atoms with E-state index in [0.717, 1.165) is 22.4 Å². The molecule has 1 atom stereocenters. The van der Waals surface area contributed by atoms with E-state index in [4.69, 9.17) is 9.15 Å². The number of rotatable bonds is 7. The van der Waals surface area contributed by atoms with E-state index in [1.165, 1.54) is 11.8 Å². The van der Waals surface area contributed by atoms with Gasteiger partial charge in [0, 0.05) is 5.39 Å². The van der Waals surface area contributed by atoms with Crippen LogP contribution in [0.1, 0.15) is 18.7 Å². The van der Waals surface area contributed by atoms with Crippen molar-refractivity contribution in [1.82, 2.24) is 25.5 Å². The molecule has 0 aliphatic rings. The summed E-state index contributed by atoms with van der Waals surface area (Å²) in [5.41, 5.74) is 1.59. The zero-order chi connectivity index (χ0) is 20.2. The molecule has 0 saturated carbocycles. The number of methoxy groups -OCH3 is 1. The van der Waals surface area contributed by atoms with Crippen LogP contribution in [0.25, 0.3) is 16.7 Å². The van der Waals surface area contributed by atoms with Crippen molar-refractivity contribution in [3.63, 3.8) is 0 Å². The number of tetrazole rings is 1. The third-order valence-electron chi connectivity index (χ3n) is 4.34. The van der Waals surface area contributed by atoms with E-state index in [1.54, 1.807) is 11.8 Å². The number of hydrogen-bond acceptors (Lipinski definition) is 7. The van der Waals surface area contributed by atoms with Crippen LogP contribution in [0, 0.1) is 0 Å². The zero-order valence-electron chi connectivity index (χ0n) is 15.9. The lowest BCUT2D eigenvalue weighted by Crippen LogP contribution is -2.28. The number of furan rings is 1. The summed E-state index contributed by atoms with van der Waals surface area (Å²) in [7, 11) is 1.61. The topological polar surface area (TPSA) is 95.1 Å². The van der Waals surface area contributed by atoms with E-state index in [-0.39, 0.29) is 17.7 Å². The summed E-state index contributed by atoms with van der Waals surface area (Å²) in [6, 6.07) is 16.8. The number of carbonyl (C=O) groups excluding carboxylic acids is 1. The van der Waals surface area contributed by atoms with Crippen molar-refractivity contribution in [3.8, 4) is 11.4 Å². The number of nitrogens with one attached hydrogen (secondary N) is 1. The van der Waals surface area contributed by atoms with Gasteiger partial charge in [-0.15, -0.1) is 5.10 Å². The molecular formula is C20H19N5O3S. The molecule has 1 N–H and O–H groups in total. The van der Waals surface area contributed by atoms with E-state index < -0.39 is 0 Å². The normalized spacial score (nSPS) is 12.1. The van der Waals surface area contributed by atoms with E-state index in [2.05, 4.69) is 20.8 Å². The molecule has 9 heteroatoms. The van der Waals surface area contributed by atoms with Gasteiger partial charge in [0.25, 0.3) is 0 Å². The zero-order valence-corrected chi connectivity index (χ0v) is 16.7. The van der Waals surface area contributed by atoms with Crippen molar-refractivity contribution < 1.29 is 13.9 Å². The second-order valence-electron chi connectivity index (χ2n) is 6.34. The number of carbonyl (C=O) groups is 1. The Kier molecular flexibility index (Phi) is 5.48. The van der Waals surface area contributed by atoms with Gasteiger partial charge in [0.2, 0.25) is 11.1 Å². The Labute approximate surface area is 171 Å². The highest BCUT2D eigenvalue weighted by atomic mass is 32.2. The summed E-state index contributed by atoms with van der Waals surface area (Å²) in [6.45, 7) is 1.89. The number of thioether (sulfide) groups is 1. The molecule has 2 aromatic carbocycles. The first kappa shape index (κ1) is 19.0. The molecular weight excluding hydrogens is 390 g/mol. The molecule has 0 fully saturated rings. The second kappa shape index (κ2) is 8.36. The van der Waals surface area contributed by atoms with Crippen molar-refractivity contribution in [3.05, 3.63) is 60.4 Å². The fourth-order valence-corrected chi connectivity index (χ4v) is 3.56. The van der Waals surface area contributed by atoms with Crippen LogP contribution < -0.4 is 10.1 Å². The van der Waals surface area contributed by atoms with Crippen LogP contribution in [0.4, 0.5) is 0 Å². The molecule has 4 aromatic rings. The van der Waals surface area contributed by atoms with Crippen molar-refractivity contribution in [2.45, 2.75) is 18.1 Å². The van der Waals surface area contributed by atoms with Crippen LogP contribution >= 0.6 is 11.8 Å². The first-order valence-electron chi connectivity index (χ1n) is 8.97. The molecule has 8 nitrogen and oxygen atoms in total. The van der Waals surface area contributed by atoms with E-state index >= 15 is 0 Å². The van der Waals surface area contributed by atoms with Crippen molar-refractivity contribution in [2.24, 2.45) is 0 Å². The molecule has 0 aliphatic heterocycles. The smallest absolute Gasteiger partial charge is 0.231 e. The Bertz CT molecular complexity index is 1090. The monoisotopic (exact) mass is 409 g/mol. The molecule has 0 saturated heterocycles. The first-order chi connectivity index (χ1) is 14.1. The Balaban J connectivity index is 1.38. The lowest BCUT2D eigenvalue weighted by molar-refractivity contribution is -0.119. The largest absolute Gasteiger partial charge is 0.497 e. The Morgan fingerprint density at radius 3 is 2.79 bits per heavy atom. The van der Waals surface area contributed by atoms with Crippen molar-refractivity contribution in [1.29, 1.82) is 0 Å². The maximum absolute atomic E-state index is 12.4. The molecule has 29 heavy (non-hydrogen) atoms. The highest BCUT2D eigenvalue weighted by molar-refractivity contribution is 7.99. The minimum atomic E-state index is -0.243. The highest BCUT2D eigenvalue weighted by Gasteiger charge is 2.16. The van der Waals surface area contributed by atoms with E-state index in [9.17, 15) is 4.79 Å². The summed E-state index contributed by atoms with van der Waals surface area (Å²) in [5, 5.41) is 16.2. The molecule has 2 aromatic heterocycles. The van der Waals surface area contributed by atoms with Gasteiger partial charge in [0.15, 0.2) is 0 Å². The minimum Gasteiger partial charge on any atom is -0.497 e. The molecule has 148 valence electrons. The molecule has 0 aliphatic carbocycles. The van der Waals surface area contributed by atoms with Crippen LogP contribution in [0.5, 0.6) is 5.75 Å². The summed E-state index contributed by atoms with van der Waals surface area (Å²) < 4.78 is 12.6. The van der Waals surface area contributed by atoms with Crippen LogP contribution in [0.3, 0.4) is 0 Å². The predicted molar refractivity (Wildman–Crippen MR) is 109 cm³/mol. The first-order valence-corrected chi connectivity index (χ1v) is 9.96. The fourth-order valence-electron chi connectivity index (χ4n) is 2.85. The van der Waals surface area contributed by atoms with Crippen LogP contribution in [-0.2, 0) is 4.79 Å². The summed E-state index contributed by atoms with van der Waals surface area (Å²) in [4.78, 5) is 12.4. The number of amides is 1. The number of nitrogens with zero attached hydrogens (tertiary/aromatic N) is 4. The Morgan fingerprint density at radius 1 is 1.24 bits per heavy atom. The van der Waals surface area contributed by atoms with Crippen molar-refractivity contribution in [2.75, 3.05) is 12.9 Å². The van der Waals surface area contributed by atoms with E-state index in [0.29, 0.717) is 10.9 Å². The van der Waals surface area contributed by atoms with Gasteiger partial charge in [-0.25, -0.2) is 0 Å². The summed E-state index contributed by atoms with van der Waals surface area (Å²) >= 11 is 1.26. The molecule has 4 rings (SSSR count). The van der Waals surface area contributed by atoms with Crippen LogP contribution in [0.15, 0.2) is 64.2 Å². The second-order valence-corrected chi connectivity index (χ2v) is 7.28. The predicted octanol–water partition coefficient (Wildman–Crippen LogP) is 3.39. The average Bonchev–Trinajstić information content (AvgIpc) is 3.39. The summed E-state index contributed by atoms with van der Waals surface area (Å²) in [5.74, 6) is 1.51. The number of hydrogen-bond donors (Lipinski definition) is 1. The number of para-hydroxylation sites is 1. The lowest BCUT2D eigenvalue weighted by atomic mass is 10.2. The number of aromatic nitrogens is 4. The Morgan fingerprint density at radius 2 is 2.03 bits per heavy atom. The van der Waals surface area contributed by atoms with Crippen molar-refractivity contribution >= 4 is 28.6 Å². The highest BCUT2D eigenvalue weighted by Crippen LogP contribution is 2.24. The average molecular weight is 409 g/mol. The van der Waals surface area contributed by atoms with Gasteiger partial charge in [-0.05, 0) is 53.7 Å². The SMILES string of the molecule is COc1ccc(-n2nnnc2SCC(=O)N[C@H](C)c2cc3ccccc3o2)cc1. The lowest BCUT2D eigenvalue weighted by Gasteiger charge is -2.11. The van der Waals surface area contributed by atoms with Crippen LogP contribution in [0.2, 0.25) is 0 Å². The molecule has 0 bridgehead atoms. The molecule has 0 spiro atoms. The van der Waals surface area contributed by atoms with Gasteiger partial charge in [-0.2, -0.15) is 4.68 Å². The van der Waals surface area contributed by atoms with Gasteiger partial charge in [-0.1, -0.05) is 30.0 Å². The molecule has 0 radical (unpaired) electrons. The third kappa shape index (κ3) is 4.24. The minimum absolute atomic E-state index is 0.132. The van der Waals surface area contributed by atoms with Gasteiger partial charge in [0.1, 0.15) is 17.1 Å². The quantitative estimate of drug-likeness (QED) is 0.468. The summed E-state index contributed by atoms with van der Waals surface area (Å²) in [6.07, 6.45) is 0. The maximum Gasteiger partial charge on any atom is 0.231 e. The number of ether oxygens (including phenoxy) is 1. The van der Waals surface area contributed by atoms with Gasteiger partial charge in [-0.3, -0.25) is 4.79 Å². The molecule has 0 unspecified atom stereocenters. The standard InChI is InChI=1S/C20H19N5O3S/c1-13(18-11-14-5-3-4-6-17(14)28-18)21-19(26)12-29-20-22-23-24-25(20)15-7-9-16(27-2)10-8-15/h3-11,13H,12H2,1-2H3,(H,21,26)/t13-/m1/s1.